The number of rotatable bonds is 3. The zero-order valence-electron chi connectivity index (χ0n) is 10.7. The number of hydrogen-bond donors (Lipinski definition) is 2. The third kappa shape index (κ3) is 3.25. The van der Waals surface area contributed by atoms with Gasteiger partial charge in [-0.1, -0.05) is 19.1 Å². The van der Waals surface area contributed by atoms with Crippen LogP contribution in [0.25, 0.3) is 0 Å². The third-order valence-corrected chi connectivity index (χ3v) is 2.75. The lowest BCUT2D eigenvalue weighted by molar-refractivity contribution is 0.538. The van der Waals surface area contributed by atoms with Crippen LogP contribution in [0.1, 0.15) is 23.6 Å². The Bertz CT molecular complexity index is 576. The Hall–Kier alpha value is -2.49. The molecule has 0 aliphatic rings. The van der Waals surface area contributed by atoms with Crippen LogP contribution in [0.15, 0.2) is 48.8 Å². The van der Waals surface area contributed by atoms with Crippen LogP contribution in [-0.4, -0.2) is 16.8 Å². The summed E-state index contributed by atoms with van der Waals surface area (Å²) in [6.07, 6.45) is 4.13. The van der Waals surface area contributed by atoms with Crippen molar-refractivity contribution in [1.82, 2.24) is 4.98 Å². The van der Waals surface area contributed by atoms with Gasteiger partial charge in [0, 0.05) is 18.0 Å². The van der Waals surface area contributed by atoms with Crippen LogP contribution >= 0.6 is 0 Å². The summed E-state index contributed by atoms with van der Waals surface area (Å²) in [6, 6.07) is 11.0. The van der Waals surface area contributed by atoms with E-state index in [2.05, 4.69) is 11.9 Å². The molecule has 0 saturated heterocycles. The number of nitrogens with zero attached hydrogens (tertiary/aromatic N) is 1. The lowest BCUT2D eigenvalue weighted by Gasteiger charge is -2.08. The Balaban J connectivity index is 2.06. The van der Waals surface area contributed by atoms with Gasteiger partial charge in [0.1, 0.15) is 0 Å². The van der Waals surface area contributed by atoms with Crippen LogP contribution in [0.5, 0.6) is 0 Å². The lowest BCUT2D eigenvalue weighted by Crippen LogP contribution is -2.13. The smallest absolute Gasteiger partial charge is 0.222 e. The number of aromatic nitrogens is 1. The summed E-state index contributed by atoms with van der Waals surface area (Å²) >= 11 is 0. The topological polar surface area (TPSA) is 69.8 Å². The fourth-order valence-corrected chi connectivity index (χ4v) is 1.61. The van der Waals surface area contributed by atoms with Gasteiger partial charge in [-0.25, -0.2) is 0 Å². The molecule has 4 heteroatoms. The Morgan fingerprint density at radius 2 is 1.74 bits per heavy atom. The molecule has 2 N–H and O–H groups in total. The minimum absolute atomic E-state index is 0.0310. The van der Waals surface area contributed by atoms with Crippen molar-refractivity contribution in [2.24, 2.45) is 0 Å². The van der Waals surface area contributed by atoms with Crippen LogP contribution in [0, 0.1) is 10.8 Å². The van der Waals surface area contributed by atoms with Gasteiger partial charge >= 0.3 is 0 Å². The van der Waals surface area contributed by atoms with Crippen molar-refractivity contribution in [2.75, 3.05) is 0 Å². The van der Waals surface area contributed by atoms with E-state index in [0.717, 1.165) is 6.42 Å². The minimum atomic E-state index is -0.0716. The molecule has 1 aromatic carbocycles. The maximum absolute atomic E-state index is 7.85. The van der Waals surface area contributed by atoms with Crippen LogP contribution in [0.2, 0.25) is 0 Å². The second-order valence-electron chi connectivity index (χ2n) is 4.05. The molecule has 0 bridgehead atoms. The molecule has 4 nitrogen and oxygen atoms in total. The third-order valence-electron chi connectivity index (χ3n) is 2.75. The fraction of sp³-hybridized carbons (Fsp3) is 0.133. The molecule has 19 heavy (non-hydrogen) atoms. The molecule has 0 spiro atoms. The predicted molar refractivity (Wildman–Crippen MR) is 74.8 cm³/mol. The van der Waals surface area contributed by atoms with E-state index in [1.165, 1.54) is 11.8 Å². The average molecular weight is 253 g/mol. The molecule has 0 radical (unpaired) electrons. The number of ether oxygens (including phenoxy) is 1. The largest absolute Gasteiger partial charge is 0.421 e. The Kier molecular flexibility index (Phi) is 4.03. The first-order valence-corrected chi connectivity index (χ1v) is 6.05. The molecular formula is C15H15N3O. The fourth-order valence-electron chi connectivity index (χ4n) is 1.61. The molecule has 0 fully saturated rings. The van der Waals surface area contributed by atoms with Gasteiger partial charge in [0.2, 0.25) is 11.8 Å². The molecule has 2 rings (SSSR count). The Morgan fingerprint density at radius 3 is 2.32 bits per heavy atom. The first kappa shape index (κ1) is 13.0. The minimum Gasteiger partial charge on any atom is -0.421 e. The maximum atomic E-state index is 7.85. The number of nitrogens with one attached hydrogen (secondary N) is 2. The molecule has 96 valence electrons. The van der Waals surface area contributed by atoms with Gasteiger partial charge < -0.3 is 4.74 Å². The Morgan fingerprint density at radius 1 is 1.05 bits per heavy atom. The van der Waals surface area contributed by atoms with E-state index in [-0.39, 0.29) is 11.8 Å². The van der Waals surface area contributed by atoms with E-state index >= 15 is 0 Å². The molecule has 0 aliphatic heterocycles. The zero-order chi connectivity index (χ0) is 13.7. The molecule has 1 aromatic heterocycles. The molecule has 0 aliphatic carbocycles. The van der Waals surface area contributed by atoms with Crippen molar-refractivity contribution >= 4 is 11.8 Å². The van der Waals surface area contributed by atoms with Crippen molar-refractivity contribution < 1.29 is 4.74 Å². The van der Waals surface area contributed by atoms with E-state index in [9.17, 15) is 0 Å². The summed E-state index contributed by atoms with van der Waals surface area (Å²) in [5, 5.41) is 15.6. The van der Waals surface area contributed by atoms with Crippen molar-refractivity contribution in [2.45, 2.75) is 13.3 Å². The number of hydrogen-bond acceptors (Lipinski definition) is 4. The van der Waals surface area contributed by atoms with Gasteiger partial charge in [-0.15, -0.1) is 0 Å². The van der Waals surface area contributed by atoms with Crippen LogP contribution in [0.4, 0.5) is 0 Å². The van der Waals surface area contributed by atoms with E-state index < -0.39 is 0 Å². The summed E-state index contributed by atoms with van der Waals surface area (Å²) in [4.78, 5) is 3.92. The molecule has 1 heterocycles. The van der Waals surface area contributed by atoms with Gasteiger partial charge in [0.25, 0.3) is 0 Å². The highest BCUT2D eigenvalue weighted by molar-refractivity contribution is 6.04. The van der Waals surface area contributed by atoms with Gasteiger partial charge in [0.05, 0.1) is 5.56 Å². The summed E-state index contributed by atoms with van der Waals surface area (Å²) < 4.78 is 5.22. The lowest BCUT2D eigenvalue weighted by atomic mass is 10.1. The summed E-state index contributed by atoms with van der Waals surface area (Å²) in [5.41, 5.74) is 2.42. The number of aryl methyl sites for hydroxylation is 1. The molecule has 0 unspecified atom stereocenters. The van der Waals surface area contributed by atoms with E-state index in [4.69, 9.17) is 15.6 Å². The van der Waals surface area contributed by atoms with E-state index in [1.807, 2.05) is 24.3 Å². The summed E-state index contributed by atoms with van der Waals surface area (Å²) in [6.45, 7) is 2.08. The maximum Gasteiger partial charge on any atom is 0.222 e. The number of pyridine rings is 1. The number of benzene rings is 1. The highest BCUT2D eigenvalue weighted by atomic mass is 16.5. The van der Waals surface area contributed by atoms with Crippen LogP contribution in [0.3, 0.4) is 0 Å². The molecule has 2 aromatic rings. The van der Waals surface area contributed by atoms with Crippen molar-refractivity contribution in [3.05, 3.63) is 65.5 Å². The van der Waals surface area contributed by atoms with Gasteiger partial charge in [-0.05, 0) is 36.2 Å². The summed E-state index contributed by atoms with van der Waals surface area (Å²) in [7, 11) is 0. The van der Waals surface area contributed by atoms with Crippen molar-refractivity contribution in [3.63, 3.8) is 0 Å². The highest BCUT2D eigenvalue weighted by Gasteiger charge is 2.08. The van der Waals surface area contributed by atoms with Gasteiger partial charge in [0.15, 0.2) is 0 Å². The van der Waals surface area contributed by atoms with E-state index in [0.29, 0.717) is 11.1 Å². The normalized spacial score (nSPS) is 9.95. The predicted octanol–water partition coefficient (Wildman–Crippen LogP) is 3.01. The second-order valence-corrected chi connectivity index (χ2v) is 4.05. The van der Waals surface area contributed by atoms with Crippen LogP contribution in [-0.2, 0) is 11.2 Å². The first-order chi connectivity index (χ1) is 9.20. The van der Waals surface area contributed by atoms with Crippen LogP contribution < -0.4 is 0 Å². The highest BCUT2D eigenvalue weighted by Crippen LogP contribution is 2.08. The molecular weight excluding hydrogens is 238 g/mol. The standard InChI is InChI=1S/C15H15N3O/c1-2-11-5-7-12(8-6-11)14(16)19-15(17)13-4-3-9-18-10-13/h3-10,16-17H,2H2,1H3. The molecule has 0 amide bonds. The van der Waals surface area contributed by atoms with Crippen molar-refractivity contribution in [1.29, 1.82) is 10.8 Å². The summed E-state index contributed by atoms with van der Waals surface area (Å²) in [5.74, 6) is -0.103. The molecule has 0 atom stereocenters. The first-order valence-electron chi connectivity index (χ1n) is 6.05. The molecule has 0 saturated carbocycles. The average Bonchev–Trinajstić information content (AvgIpc) is 2.48. The second kappa shape index (κ2) is 5.91. The zero-order valence-corrected chi connectivity index (χ0v) is 10.7. The Labute approximate surface area is 112 Å². The van der Waals surface area contributed by atoms with E-state index in [1.54, 1.807) is 18.3 Å². The van der Waals surface area contributed by atoms with Gasteiger partial charge in [-0.2, -0.15) is 0 Å². The van der Waals surface area contributed by atoms with Gasteiger partial charge in [-0.3, -0.25) is 15.8 Å². The van der Waals surface area contributed by atoms with Crippen molar-refractivity contribution in [3.8, 4) is 0 Å². The monoisotopic (exact) mass is 253 g/mol. The SMILES string of the molecule is CCc1ccc(C(=N)OC(=N)c2cccnc2)cc1. The quantitative estimate of drug-likeness (QED) is 0.652.